The number of nitrogens with one attached hydrogen (secondary N) is 1. The third kappa shape index (κ3) is 3.41. The zero-order valence-corrected chi connectivity index (χ0v) is 19.3. The Kier molecular flexibility index (Phi) is 5.00. The van der Waals surface area contributed by atoms with E-state index < -0.39 is 9.84 Å². The highest BCUT2D eigenvalue weighted by atomic mass is 32.2. The maximum absolute atomic E-state index is 13.3. The number of nitrogens with zero attached hydrogens (tertiary/aromatic N) is 3. The fraction of sp³-hybridized carbons (Fsp3) is 0.231. The molecule has 4 aromatic rings. The zero-order valence-electron chi connectivity index (χ0n) is 18.5. The lowest BCUT2D eigenvalue weighted by atomic mass is 9.93. The number of amides is 1. The number of H-pyrrole nitrogens is 1. The van der Waals surface area contributed by atoms with Crippen molar-refractivity contribution in [2.45, 2.75) is 16.7 Å². The van der Waals surface area contributed by atoms with Gasteiger partial charge in [-0.3, -0.25) is 9.69 Å². The number of benzene rings is 2. The highest BCUT2D eigenvalue weighted by molar-refractivity contribution is 7.90. The van der Waals surface area contributed by atoms with Crippen molar-refractivity contribution < 1.29 is 13.2 Å². The lowest BCUT2D eigenvalue weighted by molar-refractivity contribution is 0.0597. The molecule has 34 heavy (non-hydrogen) atoms. The third-order valence-electron chi connectivity index (χ3n) is 6.89. The molecule has 6 rings (SSSR count). The van der Waals surface area contributed by atoms with Crippen LogP contribution in [0, 0.1) is 0 Å². The van der Waals surface area contributed by atoms with Crippen molar-refractivity contribution in [2.24, 2.45) is 0 Å². The van der Waals surface area contributed by atoms with Gasteiger partial charge >= 0.3 is 0 Å². The molecule has 1 N–H and O–H groups in total. The molecular formula is C26H24N4O3S. The summed E-state index contributed by atoms with van der Waals surface area (Å²) in [6.07, 6.45) is 3.43. The summed E-state index contributed by atoms with van der Waals surface area (Å²) in [6.45, 7) is 2.44. The van der Waals surface area contributed by atoms with Crippen molar-refractivity contribution in [3.05, 3.63) is 95.3 Å². The summed E-state index contributed by atoms with van der Waals surface area (Å²) in [5.41, 5.74) is 4.02. The quantitative estimate of drug-likeness (QED) is 0.483. The molecule has 2 aliphatic rings. The first-order valence-electron chi connectivity index (χ1n) is 11.4. The number of hydrogen-bond donors (Lipinski definition) is 1. The van der Waals surface area contributed by atoms with Crippen LogP contribution < -0.4 is 0 Å². The summed E-state index contributed by atoms with van der Waals surface area (Å²) in [5, 5.41) is 0.826. The molecule has 2 aliphatic heterocycles. The van der Waals surface area contributed by atoms with Gasteiger partial charge in [0.1, 0.15) is 5.65 Å². The van der Waals surface area contributed by atoms with Gasteiger partial charge in [0.05, 0.1) is 22.3 Å². The summed E-state index contributed by atoms with van der Waals surface area (Å²) < 4.78 is 26.4. The van der Waals surface area contributed by atoms with Crippen LogP contribution in [-0.4, -0.2) is 60.3 Å². The Hall–Kier alpha value is -3.49. The van der Waals surface area contributed by atoms with Crippen LogP contribution in [0.5, 0.6) is 0 Å². The second kappa shape index (κ2) is 8.07. The van der Waals surface area contributed by atoms with Gasteiger partial charge in [-0.1, -0.05) is 42.5 Å². The average molecular weight is 473 g/mol. The molecule has 1 amide bonds. The lowest BCUT2D eigenvalue weighted by Crippen LogP contribution is -2.50. The molecule has 0 radical (unpaired) electrons. The maximum atomic E-state index is 13.3. The van der Waals surface area contributed by atoms with E-state index in [1.807, 2.05) is 53.4 Å². The SMILES string of the molecule is O=C(c1c[nH]c2ncccc12)N1CCN(C2c3ccccc3CS(=O)(=O)c3ccccc32)CC1. The number of carbonyl (C=O) groups is 1. The molecule has 1 unspecified atom stereocenters. The van der Waals surface area contributed by atoms with Crippen molar-refractivity contribution >= 4 is 26.8 Å². The Labute approximate surface area is 198 Å². The van der Waals surface area contributed by atoms with E-state index in [4.69, 9.17) is 0 Å². The number of sulfone groups is 1. The Morgan fingerprint density at radius 3 is 2.47 bits per heavy atom. The molecule has 1 atom stereocenters. The van der Waals surface area contributed by atoms with Crippen molar-refractivity contribution in [2.75, 3.05) is 26.2 Å². The Morgan fingerprint density at radius 2 is 1.65 bits per heavy atom. The third-order valence-corrected chi connectivity index (χ3v) is 8.62. The molecule has 1 fully saturated rings. The number of rotatable bonds is 2. The largest absolute Gasteiger partial charge is 0.345 e. The predicted molar refractivity (Wildman–Crippen MR) is 129 cm³/mol. The summed E-state index contributed by atoms with van der Waals surface area (Å²) in [7, 11) is -3.44. The minimum absolute atomic E-state index is 0.00371. The Bertz CT molecular complexity index is 1500. The minimum atomic E-state index is -3.44. The van der Waals surface area contributed by atoms with Gasteiger partial charge in [-0.25, -0.2) is 13.4 Å². The van der Waals surface area contributed by atoms with Gasteiger partial charge in [-0.05, 0) is 34.9 Å². The average Bonchev–Trinajstić information content (AvgIpc) is 3.25. The van der Waals surface area contributed by atoms with E-state index in [0.717, 1.165) is 22.1 Å². The molecule has 172 valence electrons. The van der Waals surface area contributed by atoms with Gasteiger partial charge in [0.2, 0.25) is 0 Å². The molecule has 0 bridgehead atoms. The monoisotopic (exact) mass is 472 g/mol. The predicted octanol–water partition coefficient (Wildman–Crippen LogP) is 3.40. The van der Waals surface area contributed by atoms with Crippen LogP contribution in [0.2, 0.25) is 0 Å². The maximum Gasteiger partial charge on any atom is 0.256 e. The van der Waals surface area contributed by atoms with Gasteiger partial charge < -0.3 is 9.88 Å². The molecule has 1 saturated heterocycles. The molecule has 7 nitrogen and oxygen atoms in total. The van der Waals surface area contributed by atoms with E-state index in [2.05, 4.69) is 14.9 Å². The van der Waals surface area contributed by atoms with Crippen LogP contribution in [0.1, 0.15) is 33.1 Å². The lowest BCUT2D eigenvalue weighted by Gasteiger charge is -2.40. The van der Waals surface area contributed by atoms with Gasteiger partial charge in [0, 0.05) is 44.0 Å². The van der Waals surface area contributed by atoms with Crippen LogP contribution in [0.25, 0.3) is 11.0 Å². The number of fused-ring (bicyclic) bond motifs is 3. The zero-order chi connectivity index (χ0) is 23.3. The van der Waals surface area contributed by atoms with Crippen LogP contribution in [-0.2, 0) is 15.6 Å². The van der Waals surface area contributed by atoms with Crippen molar-refractivity contribution in [1.82, 2.24) is 19.8 Å². The summed E-state index contributed by atoms with van der Waals surface area (Å²) >= 11 is 0. The fourth-order valence-corrected chi connectivity index (χ4v) is 6.90. The highest BCUT2D eigenvalue weighted by Gasteiger charge is 2.36. The molecule has 2 aromatic carbocycles. The number of carbonyl (C=O) groups excluding carboxylic acids is 1. The first-order chi connectivity index (χ1) is 16.5. The van der Waals surface area contributed by atoms with Crippen LogP contribution >= 0.6 is 0 Å². The normalized spacial score (nSPS) is 19.9. The summed E-state index contributed by atoms with van der Waals surface area (Å²) in [4.78, 5) is 25.2. The van der Waals surface area contributed by atoms with Crippen LogP contribution in [0.15, 0.2) is 78.0 Å². The first-order valence-corrected chi connectivity index (χ1v) is 13.0. The molecule has 0 aliphatic carbocycles. The smallest absolute Gasteiger partial charge is 0.256 e. The van der Waals surface area contributed by atoms with E-state index in [1.54, 1.807) is 24.5 Å². The molecular weight excluding hydrogens is 448 g/mol. The van der Waals surface area contributed by atoms with E-state index in [-0.39, 0.29) is 17.7 Å². The second-order valence-corrected chi connectivity index (χ2v) is 10.8. The number of aromatic amines is 1. The summed E-state index contributed by atoms with van der Waals surface area (Å²) in [6, 6.07) is 18.7. The van der Waals surface area contributed by atoms with Crippen LogP contribution in [0.4, 0.5) is 0 Å². The Morgan fingerprint density at radius 1 is 0.912 bits per heavy atom. The molecule has 0 spiro atoms. The standard InChI is InChI=1S/C26H24N4O3S/c31-26(22-16-28-25-20(22)9-5-11-27-25)30-14-12-29(13-15-30)24-19-7-2-1-6-18(19)17-34(32,33)23-10-4-3-8-21(23)24/h1-11,16,24H,12-15,17H2,(H,27,28). The van der Waals surface area contributed by atoms with Crippen molar-refractivity contribution in [3.63, 3.8) is 0 Å². The molecule has 4 heterocycles. The van der Waals surface area contributed by atoms with Gasteiger partial charge in [-0.2, -0.15) is 0 Å². The van der Waals surface area contributed by atoms with Gasteiger partial charge in [0.25, 0.3) is 5.91 Å². The topological polar surface area (TPSA) is 86.4 Å². The molecule has 8 heteroatoms. The fourth-order valence-electron chi connectivity index (χ4n) is 5.25. The number of aromatic nitrogens is 2. The first kappa shape index (κ1) is 21.1. The highest BCUT2D eigenvalue weighted by Crippen LogP contribution is 2.40. The van der Waals surface area contributed by atoms with E-state index in [1.165, 1.54) is 0 Å². The summed E-state index contributed by atoms with van der Waals surface area (Å²) in [5.74, 6) is -0.00727. The number of hydrogen-bond acceptors (Lipinski definition) is 5. The van der Waals surface area contributed by atoms with Crippen molar-refractivity contribution in [1.29, 1.82) is 0 Å². The second-order valence-electron chi connectivity index (χ2n) is 8.83. The van der Waals surface area contributed by atoms with E-state index in [0.29, 0.717) is 42.3 Å². The number of piperazine rings is 1. The molecule has 2 aromatic heterocycles. The van der Waals surface area contributed by atoms with Crippen LogP contribution in [0.3, 0.4) is 0 Å². The number of pyridine rings is 1. The van der Waals surface area contributed by atoms with Gasteiger partial charge in [-0.15, -0.1) is 0 Å². The van der Waals surface area contributed by atoms with E-state index in [9.17, 15) is 13.2 Å². The van der Waals surface area contributed by atoms with Crippen molar-refractivity contribution in [3.8, 4) is 0 Å². The molecule has 0 saturated carbocycles. The Balaban J connectivity index is 1.31. The minimum Gasteiger partial charge on any atom is -0.345 e. The van der Waals surface area contributed by atoms with E-state index >= 15 is 0 Å². The van der Waals surface area contributed by atoms with Gasteiger partial charge in [0.15, 0.2) is 9.84 Å².